The lowest BCUT2D eigenvalue weighted by molar-refractivity contribution is 0.0526. The lowest BCUT2D eigenvalue weighted by Gasteiger charge is -2.09. The second-order valence-corrected chi connectivity index (χ2v) is 5.39. The van der Waals surface area contributed by atoms with E-state index in [4.69, 9.17) is 4.74 Å². The molecule has 3 N–H and O–H groups in total. The molecule has 0 atom stereocenters. The number of nitrogens with one attached hydrogen (secondary N) is 3. The fourth-order valence-corrected chi connectivity index (χ4v) is 2.33. The van der Waals surface area contributed by atoms with Crippen LogP contribution in [0.15, 0.2) is 60.9 Å². The van der Waals surface area contributed by atoms with Gasteiger partial charge in [0.2, 0.25) is 0 Å². The van der Waals surface area contributed by atoms with Crippen molar-refractivity contribution in [2.24, 2.45) is 0 Å². The van der Waals surface area contributed by atoms with Crippen LogP contribution in [-0.2, 0) is 4.74 Å². The molecular formula is C19H18N4O3. The Bertz CT molecular complexity index is 872. The van der Waals surface area contributed by atoms with Gasteiger partial charge in [0.25, 0.3) is 0 Å². The van der Waals surface area contributed by atoms with E-state index in [1.165, 1.54) is 0 Å². The average Bonchev–Trinajstić information content (AvgIpc) is 3.18. The van der Waals surface area contributed by atoms with Gasteiger partial charge in [0.15, 0.2) is 0 Å². The van der Waals surface area contributed by atoms with Crippen molar-refractivity contribution in [3.05, 3.63) is 66.5 Å². The molecule has 0 fully saturated rings. The Kier molecular flexibility index (Phi) is 5.28. The number of imidazole rings is 1. The van der Waals surface area contributed by atoms with Crippen molar-refractivity contribution in [1.82, 2.24) is 9.97 Å². The van der Waals surface area contributed by atoms with Gasteiger partial charge in [-0.3, -0.25) is 0 Å². The molecule has 0 saturated heterocycles. The predicted octanol–water partition coefficient (Wildman–Crippen LogP) is 3.90. The first kappa shape index (κ1) is 17.2. The van der Waals surface area contributed by atoms with E-state index >= 15 is 0 Å². The summed E-state index contributed by atoms with van der Waals surface area (Å²) in [6.07, 6.45) is 3.43. The molecule has 3 rings (SSSR count). The monoisotopic (exact) mass is 350 g/mol. The van der Waals surface area contributed by atoms with Crippen molar-refractivity contribution in [2.45, 2.75) is 6.92 Å². The first-order valence-electron chi connectivity index (χ1n) is 8.10. The molecule has 0 aliphatic heterocycles. The normalized spacial score (nSPS) is 10.2. The fraction of sp³-hybridized carbons (Fsp3) is 0.105. The average molecular weight is 350 g/mol. The molecule has 0 saturated carbocycles. The highest BCUT2D eigenvalue weighted by Gasteiger charge is 2.07. The molecule has 0 aliphatic carbocycles. The number of carbonyl (C=O) groups excluding carboxylic acids is 2. The Morgan fingerprint density at radius 3 is 2.15 bits per heavy atom. The van der Waals surface area contributed by atoms with E-state index < -0.39 is 0 Å². The highest BCUT2D eigenvalue weighted by Crippen LogP contribution is 2.18. The molecule has 0 radical (unpaired) electrons. The fourth-order valence-electron chi connectivity index (χ4n) is 2.33. The Morgan fingerprint density at radius 1 is 1.00 bits per heavy atom. The highest BCUT2D eigenvalue weighted by atomic mass is 16.5. The SMILES string of the molecule is CCOC(=O)c1ccc(NC(=O)Nc2ccc(-c3ncc[nH]3)cc2)cc1. The minimum atomic E-state index is -0.389. The van der Waals surface area contributed by atoms with E-state index in [0.717, 1.165) is 11.4 Å². The zero-order valence-corrected chi connectivity index (χ0v) is 14.2. The van der Waals surface area contributed by atoms with Gasteiger partial charge in [-0.1, -0.05) is 0 Å². The van der Waals surface area contributed by atoms with Gasteiger partial charge in [-0.2, -0.15) is 0 Å². The quantitative estimate of drug-likeness (QED) is 0.608. The Hall–Kier alpha value is -3.61. The van der Waals surface area contributed by atoms with Crippen LogP contribution in [0.1, 0.15) is 17.3 Å². The van der Waals surface area contributed by atoms with Crippen LogP contribution in [0, 0.1) is 0 Å². The Morgan fingerprint density at radius 2 is 1.62 bits per heavy atom. The lowest BCUT2D eigenvalue weighted by atomic mass is 10.2. The lowest BCUT2D eigenvalue weighted by Crippen LogP contribution is -2.19. The van der Waals surface area contributed by atoms with Gasteiger partial charge in [0.1, 0.15) is 5.82 Å². The maximum atomic E-state index is 12.1. The number of urea groups is 1. The maximum Gasteiger partial charge on any atom is 0.338 e. The van der Waals surface area contributed by atoms with Crippen molar-refractivity contribution in [2.75, 3.05) is 17.2 Å². The molecule has 7 nitrogen and oxygen atoms in total. The van der Waals surface area contributed by atoms with Crippen LogP contribution >= 0.6 is 0 Å². The third kappa shape index (κ3) is 4.27. The van der Waals surface area contributed by atoms with Crippen molar-refractivity contribution >= 4 is 23.4 Å². The van der Waals surface area contributed by atoms with E-state index in [2.05, 4.69) is 20.6 Å². The summed E-state index contributed by atoms with van der Waals surface area (Å²) in [5.74, 6) is 0.378. The number of rotatable bonds is 5. The maximum absolute atomic E-state index is 12.1. The number of H-pyrrole nitrogens is 1. The number of hydrogen-bond acceptors (Lipinski definition) is 4. The summed E-state index contributed by atoms with van der Waals surface area (Å²) in [5, 5.41) is 5.46. The smallest absolute Gasteiger partial charge is 0.338 e. The van der Waals surface area contributed by atoms with Gasteiger partial charge in [-0.15, -0.1) is 0 Å². The van der Waals surface area contributed by atoms with Gasteiger partial charge < -0.3 is 20.4 Å². The highest BCUT2D eigenvalue weighted by molar-refractivity contribution is 6.00. The minimum absolute atomic E-state index is 0.319. The topological polar surface area (TPSA) is 96.1 Å². The molecule has 0 spiro atoms. The summed E-state index contributed by atoms with van der Waals surface area (Å²) in [6, 6.07) is 13.4. The predicted molar refractivity (Wildman–Crippen MR) is 99.1 cm³/mol. The summed E-state index contributed by atoms with van der Waals surface area (Å²) in [4.78, 5) is 30.9. The van der Waals surface area contributed by atoms with Crippen LogP contribution in [0.2, 0.25) is 0 Å². The summed E-state index contributed by atoms with van der Waals surface area (Å²) in [7, 11) is 0. The number of nitrogens with zero attached hydrogens (tertiary/aromatic N) is 1. The number of aromatic amines is 1. The van der Waals surface area contributed by atoms with E-state index in [-0.39, 0.29) is 12.0 Å². The molecule has 0 aliphatic rings. The number of aromatic nitrogens is 2. The summed E-state index contributed by atoms with van der Waals surface area (Å²) >= 11 is 0. The second-order valence-electron chi connectivity index (χ2n) is 5.39. The van der Waals surface area contributed by atoms with Crippen LogP contribution in [0.4, 0.5) is 16.2 Å². The molecule has 26 heavy (non-hydrogen) atoms. The molecular weight excluding hydrogens is 332 g/mol. The van der Waals surface area contributed by atoms with Crippen LogP contribution in [-0.4, -0.2) is 28.6 Å². The number of esters is 1. The van der Waals surface area contributed by atoms with Gasteiger partial charge >= 0.3 is 12.0 Å². The van der Waals surface area contributed by atoms with Crippen molar-refractivity contribution < 1.29 is 14.3 Å². The number of anilines is 2. The van der Waals surface area contributed by atoms with Crippen molar-refractivity contribution in [3.8, 4) is 11.4 Å². The van der Waals surface area contributed by atoms with Crippen LogP contribution in [0.25, 0.3) is 11.4 Å². The van der Waals surface area contributed by atoms with Gasteiger partial charge in [0.05, 0.1) is 12.2 Å². The van der Waals surface area contributed by atoms with Crippen LogP contribution < -0.4 is 10.6 Å². The van der Waals surface area contributed by atoms with Crippen molar-refractivity contribution in [1.29, 1.82) is 0 Å². The van der Waals surface area contributed by atoms with Crippen LogP contribution in [0.5, 0.6) is 0 Å². The van der Waals surface area contributed by atoms with Gasteiger partial charge in [0, 0.05) is 29.3 Å². The van der Waals surface area contributed by atoms with E-state index in [1.54, 1.807) is 55.7 Å². The molecule has 2 aromatic carbocycles. The standard InChI is InChI=1S/C19H18N4O3/c1-2-26-18(24)14-5-9-16(10-6-14)23-19(25)22-15-7-3-13(4-8-15)17-20-11-12-21-17/h3-12H,2H2,1H3,(H,20,21)(H2,22,23,25). The Labute approximate surface area is 150 Å². The zero-order valence-electron chi connectivity index (χ0n) is 14.2. The summed E-state index contributed by atoms with van der Waals surface area (Å²) < 4.78 is 4.92. The molecule has 132 valence electrons. The molecule has 0 unspecified atom stereocenters. The summed E-state index contributed by atoms with van der Waals surface area (Å²) in [5.41, 5.74) is 2.59. The van der Waals surface area contributed by atoms with E-state index in [9.17, 15) is 9.59 Å². The third-order valence-corrected chi connectivity index (χ3v) is 3.57. The second kappa shape index (κ2) is 7.98. The first-order chi connectivity index (χ1) is 12.7. The molecule has 1 aromatic heterocycles. The number of amides is 2. The minimum Gasteiger partial charge on any atom is -0.462 e. The number of benzene rings is 2. The number of ether oxygens (including phenoxy) is 1. The first-order valence-corrected chi connectivity index (χ1v) is 8.10. The number of carbonyl (C=O) groups is 2. The van der Waals surface area contributed by atoms with Gasteiger partial charge in [-0.05, 0) is 55.5 Å². The van der Waals surface area contributed by atoms with Crippen LogP contribution in [0.3, 0.4) is 0 Å². The summed E-state index contributed by atoms with van der Waals surface area (Å²) in [6.45, 7) is 2.07. The van der Waals surface area contributed by atoms with Crippen molar-refractivity contribution in [3.63, 3.8) is 0 Å². The molecule has 0 bridgehead atoms. The molecule has 3 aromatic rings. The molecule has 1 heterocycles. The van der Waals surface area contributed by atoms with E-state index in [0.29, 0.717) is 23.5 Å². The van der Waals surface area contributed by atoms with Gasteiger partial charge in [-0.25, -0.2) is 14.6 Å². The molecule has 2 amide bonds. The Balaban J connectivity index is 1.57. The third-order valence-electron chi connectivity index (χ3n) is 3.57. The van der Waals surface area contributed by atoms with E-state index in [1.807, 2.05) is 12.1 Å². The number of hydrogen-bond donors (Lipinski definition) is 3. The zero-order chi connectivity index (χ0) is 18.4. The molecule has 7 heteroatoms. The largest absolute Gasteiger partial charge is 0.462 e.